The fourth-order valence-corrected chi connectivity index (χ4v) is 2.50. The molecular weight excluding hydrogens is 390 g/mol. The number of nitrogens with one attached hydrogen (secondary N) is 3. The van der Waals surface area contributed by atoms with Crippen molar-refractivity contribution in [2.24, 2.45) is 11.5 Å². The summed E-state index contributed by atoms with van der Waals surface area (Å²) < 4.78 is 0. The van der Waals surface area contributed by atoms with Crippen LogP contribution in [0.3, 0.4) is 0 Å². The summed E-state index contributed by atoms with van der Waals surface area (Å²) >= 11 is 1.42. The number of carbonyl (C=O) groups excluding carboxylic acids is 4. The number of aliphatic carboxylic acids is 1. The van der Waals surface area contributed by atoms with E-state index in [1.807, 2.05) is 0 Å². The summed E-state index contributed by atoms with van der Waals surface area (Å²) in [4.78, 5) is 58.7. The van der Waals surface area contributed by atoms with Crippen molar-refractivity contribution in [1.29, 1.82) is 0 Å². The zero-order valence-corrected chi connectivity index (χ0v) is 17.0. The standard InChI is InChI=1S/C16H29N5O6S/c1-8(17)13(23)19-9(2)14(24)20-10(4-5-12(18)22)15(25)21-11(16(26)27)6-7-28-3/h8-11H,4-7,17H2,1-3H3,(H2,18,22)(H,19,23)(H,20,24)(H,21,25)(H,26,27). The van der Waals surface area contributed by atoms with Crippen LogP contribution in [0.15, 0.2) is 0 Å². The van der Waals surface area contributed by atoms with Gasteiger partial charge in [0.2, 0.25) is 23.6 Å². The van der Waals surface area contributed by atoms with Crippen LogP contribution in [0, 0.1) is 0 Å². The van der Waals surface area contributed by atoms with Crippen molar-refractivity contribution in [3.05, 3.63) is 0 Å². The summed E-state index contributed by atoms with van der Waals surface area (Å²) in [6, 6.07) is -4.14. The van der Waals surface area contributed by atoms with E-state index in [-0.39, 0.29) is 19.3 Å². The van der Waals surface area contributed by atoms with Gasteiger partial charge in [-0.3, -0.25) is 19.2 Å². The van der Waals surface area contributed by atoms with E-state index < -0.39 is 53.8 Å². The molecule has 4 unspecified atom stereocenters. The van der Waals surface area contributed by atoms with Gasteiger partial charge in [-0.1, -0.05) is 0 Å². The van der Waals surface area contributed by atoms with Crippen LogP contribution < -0.4 is 27.4 Å². The Kier molecular flexibility index (Phi) is 11.9. The van der Waals surface area contributed by atoms with Gasteiger partial charge < -0.3 is 32.5 Å². The highest BCUT2D eigenvalue weighted by atomic mass is 32.2. The van der Waals surface area contributed by atoms with Gasteiger partial charge in [0.05, 0.1) is 6.04 Å². The SMILES string of the molecule is CSCCC(NC(=O)C(CCC(N)=O)NC(=O)C(C)NC(=O)C(C)N)C(=O)O. The highest BCUT2D eigenvalue weighted by molar-refractivity contribution is 7.98. The third-order valence-corrected chi connectivity index (χ3v) is 4.35. The van der Waals surface area contributed by atoms with Crippen molar-refractivity contribution in [1.82, 2.24) is 16.0 Å². The first-order valence-electron chi connectivity index (χ1n) is 8.66. The Labute approximate surface area is 167 Å². The summed E-state index contributed by atoms with van der Waals surface area (Å²) in [5.74, 6) is -3.37. The minimum absolute atomic E-state index is 0.115. The van der Waals surface area contributed by atoms with Crippen LogP contribution in [0.25, 0.3) is 0 Å². The van der Waals surface area contributed by atoms with Crippen LogP contribution in [0.4, 0.5) is 0 Å². The Morgan fingerprint density at radius 3 is 1.96 bits per heavy atom. The number of primary amides is 1. The number of carbonyl (C=O) groups is 5. The van der Waals surface area contributed by atoms with Gasteiger partial charge in [-0.15, -0.1) is 0 Å². The number of carboxylic acids is 1. The first-order valence-corrected chi connectivity index (χ1v) is 10.1. The lowest BCUT2D eigenvalue weighted by atomic mass is 10.1. The lowest BCUT2D eigenvalue weighted by Crippen LogP contribution is -2.56. The molecule has 0 aliphatic carbocycles. The van der Waals surface area contributed by atoms with Crippen LogP contribution in [0.5, 0.6) is 0 Å². The van der Waals surface area contributed by atoms with Crippen molar-refractivity contribution in [2.75, 3.05) is 12.0 Å². The van der Waals surface area contributed by atoms with E-state index in [1.54, 1.807) is 6.26 Å². The molecule has 28 heavy (non-hydrogen) atoms. The Morgan fingerprint density at radius 2 is 1.50 bits per heavy atom. The third-order valence-electron chi connectivity index (χ3n) is 3.70. The van der Waals surface area contributed by atoms with Crippen molar-refractivity contribution < 1.29 is 29.1 Å². The van der Waals surface area contributed by atoms with Gasteiger partial charge in [0.1, 0.15) is 18.1 Å². The molecule has 4 atom stereocenters. The summed E-state index contributed by atoms with van der Waals surface area (Å²) in [5, 5.41) is 16.4. The Hall–Kier alpha value is -2.34. The van der Waals surface area contributed by atoms with E-state index in [2.05, 4.69) is 16.0 Å². The zero-order chi connectivity index (χ0) is 21.9. The molecule has 0 spiro atoms. The molecule has 4 amide bonds. The van der Waals surface area contributed by atoms with Crippen molar-refractivity contribution >= 4 is 41.4 Å². The number of hydrogen-bond acceptors (Lipinski definition) is 7. The van der Waals surface area contributed by atoms with Gasteiger partial charge in [0.25, 0.3) is 0 Å². The minimum Gasteiger partial charge on any atom is -0.480 e. The van der Waals surface area contributed by atoms with Crippen LogP contribution in [-0.4, -0.2) is 70.9 Å². The number of thioether (sulfide) groups is 1. The van der Waals surface area contributed by atoms with E-state index in [1.165, 1.54) is 25.6 Å². The second-order valence-electron chi connectivity index (χ2n) is 6.27. The molecule has 12 heteroatoms. The van der Waals surface area contributed by atoms with Gasteiger partial charge in [-0.25, -0.2) is 4.79 Å². The zero-order valence-electron chi connectivity index (χ0n) is 16.2. The van der Waals surface area contributed by atoms with Gasteiger partial charge in [-0.2, -0.15) is 11.8 Å². The first kappa shape index (κ1) is 25.7. The lowest BCUT2D eigenvalue weighted by molar-refractivity contribution is -0.142. The fraction of sp³-hybridized carbons (Fsp3) is 0.688. The summed E-state index contributed by atoms with van der Waals surface area (Å²) in [5.41, 5.74) is 10.5. The summed E-state index contributed by atoms with van der Waals surface area (Å²) in [7, 11) is 0. The Bertz CT molecular complexity index is 586. The molecule has 0 radical (unpaired) electrons. The Balaban J connectivity index is 5.11. The first-order chi connectivity index (χ1) is 13.0. The number of amides is 4. The molecule has 0 aliphatic heterocycles. The molecule has 0 heterocycles. The lowest BCUT2D eigenvalue weighted by Gasteiger charge is -2.23. The van der Waals surface area contributed by atoms with Crippen molar-refractivity contribution in [3.8, 4) is 0 Å². The number of rotatable bonds is 13. The van der Waals surface area contributed by atoms with E-state index in [0.29, 0.717) is 5.75 Å². The van der Waals surface area contributed by atoms with Crippen LogP contribution in [0.2, 0.25) is 0 Å². The van der Waals surface area contributed by atoms with Crippen LogP contribution in [0.1, 0.15) is 33.1 Å². The molecule has 160 valence electrons. The van der Waals surface area contributed by atoms with E-state index in [9.17, 15) is 29.1 Å². The smallest absolute Gasteiger partial charge is 0.326 e. The van der Waals surface area contributed by atoms with Gasteiger partial charge in [0, 0.05) is 6.42 Å². The minimum atomic E-state index is -1.21. The van der Waals surface area contributed by atoms with E-state index in [0.717, 1.165) is 0 Å². The van der Waals surface area contributed by atoms with E-state index in [4.69, 9.17) is 11.5 Å². The normalized spacial score (nSPS) is 14.9. The average molecular weight is 420 g/mol. The summed E-state index contributed by atoms with van der Waals surface area (Å²) in [6.45, 7) is 2.85. The second kappa shape index (κ2) is 12.9. The average Bonchev–Trinajstić information content (AvgIpc) is 2.60. The maximum Gasteiger partial charge on any atom is 0.326 e. The Morgan fingerprint density at radius 1 is 0.929 bits per heavy atom. The number of hydrogen-bond donors (Lipinski definition) is 6. The van der Waals surface area contributed by atoms with E-state index >= 15 is 0 Å². The maximum absolute atomic E-state index is 12.5. The topological polar surface area (TPSA) is 194 Å². The van der Waals surface area contributed by atoms with Crippen LogP contribution in [-0.2, 0) is 24.0 Å². The molecule has 0 saturated heterocycles. The van der Waals surface area contributed by atoms with Gasteiger partial charge >= 0.3 is 5.97 Å². The van der Waals surface area contributed by atoms with Crippen LogP contribution >= 0.6 is 11.8 Å². The highest BCUT2D eigenvalue weighted by Crippen LogP contribution is 2.04. The molecular formula is C16H29N5O6S. The predicted molar refractivity (Wildman–Crippen MR) is 104 cm³/mol. The molecule has 0 saturated carbocycles. The quantitative estimate of drug-likeness (QED) is 0.195. The monoisotopic (exact) mass is 419 g/mol. The largest absolute Gasteiger partial charge is 0.480 e. The molecule has 0 aromatic heterocycles. The molecule has 0 fully saturated rings. The molecule has 0 rings (SSSR count). The number of nitrogens with two attached hydrogens (primary N) is 2. The molecule has 11 nitrogen and oxygen atoms in total. The van der Waals surface area contributed by atoms with Crippen molar-refractivity contribution in [3.63, 3.8) is 0 Å². The third kappa shape index (κ3) is 10.1. The molecule has 8 N–H and O–H groups in total. The highest BCUT2D eigenvalue weighted by Gasteiger charge is 2.28. The van der Waals surface area contributed by atoms with Gasteiger partial charge in [0.15, 0.2) is 0 Å². The molecule has 0 aromatic carbocycles. The van der Waals surface area contributed by atoms with Crippen molar-refractivity contribution in [2.45, 2.75) is 57.3 Å². The fourth-order valence-electron chi connectivity index (χ4n) is 2.03. The second-order valence-corrected chi connectivity index (χ2v) is 7.25. The van der Waals surface area contributed by atoms with Gasteiger partial charge in [-0.05, 0) is 38.7 Å². The summed E-state index contributed by atoms with van der Waals surface area (Å²) in [6.07, 6.45) is 1.69. The predicted octanol–water partition coefficient (Wildman–Crippen LogP) is -2.09. The molecule has 0 aliphatic rings. The maximum atomic E-state index is 12.5. The number of carboxylic acid groups (broad SMARTS) is 1. The molecule has 0 bridgehead atoms. The molecule has 0 aromatic rings.